The number of rotatable bonds is 10. The standard InChI is InChI=1S/C28H34N4O4S/c1-19(2)18-23(31-28(35)32-14-16-36-17-15-32)26(34)29-22(13-12-20-8-4-3-5-9-20)25(33)27-30-21-10-6-7-11-24(21)37-27/h3-11,19,22-23H,12-18H2,1-2H3,(H,29,34)(H,31,35). The molecular formula is C28H34N4O4S. The zero-order chi connectivity index (χ0) is 26.2. The Morgan fingerprint density at radius 1 is 0.973 bits per heavy atom. The van der Waals surface area contributed by atoms with E-state index in [9.17, 15) is 14.4 Å². The number of ketones is 1. The van der Waals surface area contributed by atoms with Crippen LogP contribution in [0.15, 0.2) is 54.6 Å². The van der Waals surface area contributed by atoms with Crippen LogP contribution in [0.25, 0.3) is 10.2 Å². The van der Waals surface area contributed by atoms with E-state index in [1.165, 1.54) is 11.3 Å². The Bertz CT molecular complexity index is 1170. The summed E-state index contributed by atoms with van der Waals surface area (Å²) in [6.45, 7) is 5.93. The van der Waals surface area contributed by atoms with Gasteiger partial charge in [0.05, 0.1) is 29.5 Å². The highest BCUT2D eigenvalue weighted by Gasteiger charge is 2.30. The molecule has 2 aromatic carbocycles. The van der Waals surface area contributed by atoms with Crippen LogP contribution in [0.1, 0.15) is 42.1 Å². The molecule has 0 radical (unpaired) electrons. The summed E-state index contributed by atoms with van der Waals surface area (Å²) < 4.78 is 6.26. The number of hydrogen-bond donors (Lipinski definition) is 2. The van der Waals surface area contributed by atoms with Gasteiger partial charge in [0.25, 0.3) is 0 Å². The molecule has 1 aliphatic rings. The van der Waals surface area contributed by atoms with Crippen molar-refractivity contribution in [1.82, 2.24) is 20.5 Å². The fourth-order valence-corrected chi connectivity index (χ4v) is 5.29. The number of morpholine rings is 1. The lowest BCUT2D eigenvalue weighted by Gasteiger charge is -2.30. The molecule has 196 valence electrons. The van der Waals surface area contributed by atoms with Gasteiger partial charge in [0.15, 0.2) is 5.01 Å². The highest BCUT2D eigenvalue weighted by Crippen LogP contribution is 2.23. The molecule has 3 amide bonds. The first-order valence-corrected chi connectivity index (χ1v) is 13.6. The molecule has 37 heavy (non-hydrogen) atoms. The summed E-state index contributed by atoms with van der Waals surface area (Å²) in [6, 6.07) is 15.7. The van der Waals surface area contributed by atoms with E-state index in [1.54, 1.807) is 4.90 Å². The van der Waals surface area contributed by atoms with Gasteiger partial charge in [-0.05, 0) is 42.9 Å². The second-order valence-corrected chi connectivity index (χ2v) is 10.7. The molecular weight excluding hydrogens is 488 g/mol. The van der Waals surface area contributed by atoms with Crippen molar-refractivity contribution in [3.8, 4) is 0 Å². The monoisotopic (exact) mass is 522 g/mol. The summed E-state index contributed by atoms with van der Waals surface area (Å²) in [5.74, 6) is -0.403. The molecule has 2 N–H and O–H groups in total. The molecule has 1 saturated heterocycles. The van der Waals surface area contributed by atoms with Crippen LogP contribution in [0.5, 0.6) is 0 Å². The third kappa shape index (κ3) is 7.36. The first kappa shape index (κ1) is 26.8. The first-order valence-electron chi connectivity index (χ1n) is 12.8. The third-order valence-electron chi connectivity index (χ3n) is 6.32. The normalized spacial score (nSPS) is 15.4. The molecule has 0 saturated carbocycles. The maximum Gasteiger partial charge on any atom is 0.318 e. The van der Waals surface area contributed by atoms with Crippen molar-refractivity contribution in [3.05, 3.63) is 65.2 Å². The number of thiazole rings is 1. The lowest BCUT2D eigenvalue weighted by molar-refractivity contribution is -0.123. The van der Waals surface area contributed by atoms with Crippen LogP contribution >= 0.6 is 11.3 Å². The Labute approximate surface area is 221 Å². The summed E-state index contributed by atoms with van der Waals surface area (Å²) >= 11 is 1.33. The molecule has 8 nitrogen and oxygen atoms in total. The number of ether oxygens (including phenoxy) is 1. The van der Waals surface area contributed by atoms with E-state index in [0.29, 0.717) is 50.6 Å². The van der Waals surface area contributed by atoms with Gasteiger partial charge in [0, 0.05) is 13.1 Å². The maximum absolute atomic E-state index is 13.6. The molecule has 3 aromatic rings. The van der Waals surface area contributed by atoms with Gasteiger partial charge in [-0.2, -0.15) is 0 Å². The number of amides is 3. The topological polar surface area (TPSA) is 101 Å². The summed E-state index contributed by atoms with van der Waals surface area (Å²) in [4.78, 5) is 46.1. The average molecular weight is 523 g/mol. The molecule has 2 unspecified atom stereocenters. The van der Waals surface area contributed by atoms with Crippen LogP contribution in [0, 0.1) is 5.92 Å². The van der Waals surface area contributed by atoms with Crippen molar-refractivity contribution in [2.45, 2.75) is 45.2 Å². The van der Waals surface area contributed by atoms with E-state index >= 15 is 0 Å². The van der Waals surface area contributed by atoms with E-state index in [4.69, 9.17) is 4.74 Å². The van der Waals surface area contributed by atoms with Crippen LogP contribution in [0.2, 0.25) is 0 Å². The number of carbonyl (C=O) groups excluding carboxylic acids is 3. The fraction of sp³-hybridized carbons (Fsp3) is 0.429. The van der Waals surface area contributed by atoms with Crippen molar-refractivity contribution in [2.75, 3.05) is 26.3 Å². The number of Topliss-reactive ketones (excluding diaryl/α,β-unsaturated/α-hetero) is 1. The number of para-hydroxylation sites is 1. The van der Waals surface area contributed by atoms with Crippen molar-refractivity contribution < 1.29 is 19.1 Å². The van der Waals surface area contributed by atoms with E-state index in [2.05, 4.69) is 15.6 Å². The number of aryl methyl sites for hydroxylation is 1. The smallest absolute Gasteiger partial charge is 0.318 e. The molecule has 0 spiro atoms. The van der Waals surface area contributed by atoms with Crippen molar-refractivity contribution in [2.24, 2.45) is 5.92 Å². The van der Waals surface area contributed by atoms with E-state index in [1.807, 2.05) is 68.4 Å². The highest BCUT2D eigenvalue weighted by atomic mass is 32.1. The van der Waals surface area contributed by atoms with Crippen LogP contribution in [0.3, 0.4) is 0 Å². The Balaban J connectivity index is 1.52. The lowest BCUT2D eigenvalue weighted by Crippen LogP contribution is -2.56. The molecule has 2 atom stereocenters. The van der Waals surface area contributed by atoms with Gasteiger partial charge in [-0.1, -0.05) is 56.3 Å². The Hall–Kier alpha value is -3.30. The predicted octanol–water partition coefficient (Wildman–Crippen LogP) is 4.05. The van der Waals surface area contributed by atoms with Gasteiger partial charge in [-0.3, -0.25) is 9.59 Å². The Morgan fingerprint density at radius 2 is 1.68 bits per heavy atom. The summed E-state index contributed by atoms with van der Waals surface area (Å²) in [5, 5.41) is 6.23. The number of carbonyl (C=O) groups is 3. The lowest BCUT2D eigenvalue weighted by atomic mass is 9.99. The molecule has 1 aliphatic heterocycles. The first-order chi connectivity index (χ1) is 17.9. The number of nitrogens with zero attached hydrogens (tertiary/aromatic N) is 2. The highest BCUT2D eigenvalue weighted by molar-refractivity contribution is 7.20. The van der Waals surface area contributed by atoms with Crippen molar-refractivity contribution in [1.29, 1.82) is 0 Å². The number of hydrogen-bond acceptors (Lipinski definition) is 6. The Morgan fingerprint density at radius 3 is 2.38 bits per heavy atom. The largest absolute Gasteiger partial charge is 0.378 e. The van der Waals surface area contributed by atoms with Gasteiger partial charge in [0.1, 0.15) is 6.04 Å². The van der Waals surface area contributed by atoms with Crippen molar-refractivity contribution in [3.63, 3.8) is 0 Å². The summed E-state index contributed by atoms with van der Waals surface area (Å²) in [7, 11) is 0. The second kappa shape index (κ2) is 12.8. The van der Waals surface area contributed by atoms with Crippen LogP contribution in [0.4, 0.5) is 4.79 Å². The van der Waals surface area contributed by atoms with Gasteiger partial charge in [-0.25, -0.2) is 9.78 Å². The van der Waals surface area contributed by atoms with Gasteiger partial charge < -0.3 is 20.3 Å². The fourth-order valence-electron chi connectivity index (χ4n) is 4.33. The minimum absolute atomic E-state index is 0.170. The van der Waals surface area contributed by atoms with E-state index in [0.717, 1.165) is 15.8 Å². The predicted molar refractivity (Wildman–Crippen MR) is 145 cm³/mol. The van der Waals surface area contributed by atoms with Crippen molar-refractivity contribution >= 4 is 39.3 Å². The molecule has 4 rings (SSSR count). The molecule has 1 aromatic heterocycles. The molecule has 1 fully saturated rings. The Kier molecular flexibility index (Phi) is 9.24. The summed E-state index contributed by atoms with van der Waals surface area (Å²) in [5.41, 5.74) is 1.85. The van der Waals surface area contributed by atoms with E-state index < -0.39 is 12.1 Å². The van der Waals surface area contributed by atoms with Gasteiger partial charge in [-0.15, -0.1) is 11.3 Å². The average Bonchev–Trinajstić information content (AvgIpc) is 3.35. The van der Waals surface area contributed by atoms with E-state index in [-0.39, 0.29) is 23.6 Å². The van der Waals surface area contributed by atoms with Crippen LogP contribution in [-0.2, 0) is 16.0 Å². The SMILES string of the molecule is CC(C)CC(NC(=O)N1CCOCC1)C(=O)NC(CCc1ccccc1)C(=O)c1nc2ccccc2s1. The number of aromatic nitrogens is 1. The second-order valence-electron chi connectivity index (χ2n) is 9.67. The molecule has 0 bridgehead atoms. The number of nitrogens with one attached hydrogen (secondary N) is 2. The summed E-state index contributed by atoms with van der Waals surface area (Å²) in [6.07, 6.45) is 1.51. The van der Waals surface area contributed by atoms with Crippen LogP contribution in [-0.4, -0.2) is 66.0 Å². The number of urea groups is 1. The minimum atomic E-state index is -0.761. The van der Waals surface area contributed by atoms with Crippen LogP contribution < -0.4 is 10.6 Å². The number of fused-ring (bicyclic) bond motifs is 1. The third-order valence-corrected chi connectivity index (χ3v) is 7.37. The van der Waals surface area contributed by atoms with Gasteiger partial charge >= 0.3 is 6.03 Å². The minimum Gasteiger partial charge on any atom is -0.378 e. The zero-order valence-corrected chi connectivity index (χ0v) is 22.1. The zero-order valence-electron chi connectivity index (χ0n) is 21.3. The quantitative estimate of drug-likeness (QED) is 0.391. The maximum atomic E-state index is 13.6. The molecule has 9 heteroatoms. The molecule has 2 heterocycles. The van der Waals surface area contributed by atoms with Gasteiger partial charge in [0.2, 0.25) is 11.7 Å². The number of benzene rings is 2. The molecule has 0 aliphatic carbocycles.